The van der Waals surface area contributed by atoms with Gasteiger partial charge < -0.3 is 34.0 Å². The molecule has 14 heteroatoms. The molecule has 0 aliphatic heterocycles. The molecule has 0 spiro atoms. The summed E-state index contributed by atoms with van der Waals surface area (Å²) in [5.74, 6) is -2.63. The van der Waals surface area contributed by atoms with E-state index in [-0.39, 0.29) is 68.0 Å². The fraction of sp³-hybridized carbons (Fsp3) is 0.854. The van der Waals surface area contributed by atoms with Gasteiger partial charge in [-0.25, -0.2) is 0 Å². The quantitative estimate of drug-likeness (QED) is 0.151. The summed E-state index contributed by atoms with van der Waals surface area (Å²) < 4.78 is 9.99. The lowest BCUT2D eigenvalue weighted by atomic mass is 9.86. The third-order valence-corrected chi connectivity index (χ3v) is 11.6. The van der Waals surface area contributed by atoms with E-state index in [4.69, 9.17) is 4.74 Å². The highest BCUT2D eigenvalue weighted by Crippen LogP contribution is 2.30. The van der Waals surface area contributed by atoms with Gasteiger partial charge in [0.15, 0.2) is 0 Å². The Labute approximate surface area is 377 Å². The summed E-state index contributed by atoms with van der Waals surface area (Å²) in [7, 11) is 0. The molecular weight excluding hydrogens is 791 g/mol. The molecule has 0 aliphatic carbocycles. The SMILES string of the molecule is CC(=O)N(CC(=O)N(CC(=O)N(CC(=O)N(CC(=O)N(CC(=O)OC(C)(C)C)[C@@H](C)C(C)(C)C)[C@@H](C)C(C)(C)C)C(C)(C)C)[C@@H](C)C(C)(C)C)[C@@H](C)C(C)(C)C.CCOC(C)=O. The van der Waals surface area contributed by atoms with E-state index in [0.29, 0.717) is 6.61 Å². The van der Waals surface area contributed by atoms with Gasteiger partial charge >= 0.3 is 11.9 Å². The molecule has 4 atom stereocenters. The highest BCUT2D eigenvalue weighted by Gasteiger charge is 2.41. The van der Waals surface area contributed by atoms with Gasteiger partial charge in [-0.1, -0.05) is 83.1 Å². The molecule has 0 bridgehead atoms. The van der Waals surface area contributed by atoms with Crippen molar-refractivity contribution in [3.63, 3.8) is 0 Å². The van der Waals surface area contributed by atoms with E-state index in [1.165, 1.54) is 33.4 Å². The van der Waals surface area contributed by atoms with E-state index in [9.17, 15) is 33.6 Å². The molecule has 0 aliphatic rings. The summed E-state index contributed by atoms with van der Waals surface area (Å²) in [5, 5.41) is 0. The summed E-state index contributed by atoms with van der Waals surface area (Å²) in [6, 6.07) is -1.47. The number of rotatable bonds is 15. The molecule has 0 saturated heterocycles. The zero-order chi connectivity index (χ0) is 49.9. The average molecular weight is 882 g/mol. The number of esters is 2. The molecule has 0 unspecified atom stereocenters. The second kappa shape index (κ2) is 23.3. The average Bonchev–Trinajstić information content (AvgIpc) is 3.05. The highest BCUT2D eigenvalue weighted by molar-refractivity contribution is 5.92. The Morgan fingerprint density at radius 2 is 0.726 bits per heavy atom. The highest BCUT2D eigenvalue weighted by atomic mass is 16.6. The molecule has 0 heterocycles. The molecule has 0 aromatic rings. The lowest BCUT2D eigenvalue weighted by molar-refractivity contribution is -0.162. The second-order valence-electron chi connectivity index (χ2n) is 23.0. The third-order valence-electron chi connectivity index (χ3n) is 11.6. The zero-order valence-corrected chi connectivity index (χ0v) is 44.0. The van der Waals surface area contributed by atoms with Crippen molar-refractivity contribution in [3.8, 4) is 0 Å². The van der Waals surface area contributed by atoms with Crippen molar-refractivity contribution >= 4 is 41.5 Å². The van der Waals surface area contributed by atoms with Crippen molar-refractivity contribution in [1.82, 2.24) is 24.5 Å². The van der Waals surface area contributed by atoms with Crippen LogP contribution in [0.3, 0.4) is 0 Å². The smallest absolute Gasteiger partial charge is 0.326 e. The fourth-order valence-electron chi connectivity index (χ4n) is 6.06. The fourth-order valence-corrected chi connectivity index (χ4v) is 6.06. The van der Waals surface area contributed by atoms with Crippen LogP contribution in [0.2, 0.25) is 0 Å². The predicted octanol–water partition coefficient (Wildman–Crippen LogP) is 7.60. The molecule has 0 radical (unpaired) electrons. The Morgan fingerprint density at radius 1 is 0.435 bits per heavy atom. The van der Waals surface area contributed by atoms with Crippen LogP contribution in [-0.4, -0.2) is 141 Å². The Bertz CT molecular complexity index is 1520. The van der Waals surface area contributed by atoms with Crippen molar-refractivity contribution in [2.24, 2.45) is 21.7 Å². The van der Waals surface area contributed by atoms with Crippen LogP contribution in [0.1, 0.15) is 173 Å². The number of nitrogens with zero attached hydrogens (tertiary/aromatic N) is 5. The lowest BCUT2D eigenvalue weighted by Crippen LogP contribution is -2.60. The van der Waals surface area contributed by atoms with Gasteiger partial charge in [-0.2, -0.15) is 0 Å². The first-order chi connectivity index (χ1) is 27.4. The number of amides is 5. The van der Waals surface area contributed by atoms with E-state index >= 15 is 0 Å². The molecular formula is C48H91N5O9. The summed E-state index contributed by atoms with van der Waals surface area (Å²) in [5.41, 5.74) is -3.13. The van der Waals surface area contributed by atoms with Gasteiger partial charge in [0.25, 0.3) is 0 Å². The maximum absolute atomic E-state index is 14.6. The summed E-state index contributed by atoms with van der Waals surface area (Å²) in [6.07, 6.45) is 0. The lowest BCUT2D eigenvalue weighted by Gasteiger charge is -2.44. The largest absolute Gasteiger partial charge is 0.466 e. The number of carbonyl (C=O) groups is 7. The maximum Gasteiger partial charge on any atom is 0.326 e. The molecule has 0 rings (SSSR count). The summed E-state index contributed by atoms with van der Waals surface area (Å²) in [6.45, 7) is 45.9. The first-order valence-electron chi connectivity index (χ1n) is 22.2. The monoisotopic (exact) mass is 882 g/mol. The van der Waals surface area contributed by atoms with Gasteiger partial charge in [0.05, 0.1) is 6.61 Å². The van der Waals surface area contributed by atoms with Crippen molar-refractivity contribution in [3.05, 3.63) is 0 Å². The van der Waals surface area contributed by atoms with E-state index in [1.54, 1.807) is 32.6 Å². The Hall–Kier alpha value is -3.71. The normalized spacial score (nSPS) is 14.5. The van der Waals surface area contributed by atoms with Crippen LogP contribution in [-0.2, 0) is 43.0 Å². The van der Waals surface area contributed by atoms with E-state index in [1.807, 2.05) is 132 Å². The van der Waals surface area contributed by atoms with Crippen LogP contribution in [0.15, 0.2) is 0 Å². The Balaban J connectivity index is 0. The molecule has 62 heavy (non-hydrogen) atoms. The van der Waals surface area contributed by atoms with Crippen molar-refractivity contribution in [2.75, 3.05) is 39.3 Å². The third kappa shape index (κ3) is 21.1. The maximum atomic E-state index is 14.6. The van der Waals surface area contributed by atoms with Gasteiger partial charge in [-0.05, 0) is 97.8 Å². The minimum absolute atomic E-state index is 0.193. The van der Waals surface area contributed by atoms with Gasteiger partial charge in [0, 0.05) is 43.6 Å². The van der Waals surface area contributed by atoms with E-state index < -0.39 is 63.2 Å². The van der Waals surface area contributed by atoms with Crippen molar-refractivity contribution < 1.29 is 43.0 Å². The molecule has 0 aromatic carbocycles. The van der Waals surface area contributed by atoms with Gasteiger partial charge in [0.1, 0.15) is 38.3 Å². The summed E-state index contributed by atoms with van der Waals surface area (Å²) >= 11 is 0. The number of ether oxygens (including phenoxy) is 2. The van der Waals surface area contributed by atoms with Crippen LogP contribution in [0.25, 0.3) is 0 Å². The van der Waals surface area contributed by atoms with Crippen LogP contribution >= 0.6 is 0 Å². The number of carbonyl (C=O) groups excluding carboxylic acids is 7. The minimum Gasteiger partial charge on any atom is -0.466 e. The van der Waals surface area contributed by atoms with Crippen LogP contribution in [0.5, 0.6) is 0 Å². The molecule has 0 fully saturated rings. The first-order valence-corrected chi connectivity index (χ1v) is 22.2. The number of hydrogen-bond donors (Lipinski definition) is 0. The van der Waals surface area contributed by atoms with Crippen LogP contribution in [0, 0.1) is 21.7 Å². The van der Waals surface area contributed by atoms with Crippen LogP contribution in [0.4, 0.5) is 0 Å². The minimum atomic E-state index is -0.844. The second-order valence-corrected chi connectivity index (χ2v) is 23.0. The molecule has 14 nitrogen and oxygen atoms in total. The zero-order valence-electron chi connectivity index (χ0n) is 44.0. The first kappa shape index (κ1) is 60.4. The Kier molecular flexibility index (Phi) is 22.7. The van der Waals surface area contributed by atoms with Gasteiger partial charge in [0.2, 0.25) is 29.5 Å². The van der Waals surface area contributed by atoms with Crippen LogP contribution < -0.4 is 0 Å². The molecule has 0 N–H and O–H groups in total. The van der Waals surface area contributed by atoms with E-state index in [2.05, 4.69) is 4.74 Å². The van der Waals surface area contributed by atoms with Crippen molar-refractivity contribution in [1.29, 1.82) is 0 Å². The standard InChI is InChI=1S/C44H83N5O7.C4H8O2/c1-29(39(6,7)8)45(33(5)50)24-34(51)47(31(3)41(12,13)14)26-37(54)49(43(18,19)20)27-36(53)46(30(2)40(9,10)11)25-35(52)48(32(4)42(15,16)17)28-38(55)56-44(21,22)23;1-3-6-4(2)5/h29-32H,24-28H2,1-23H3;3H2,1-2H3/t29-,30-,31-,32-;/m0./s1. The molecule has 5 amide bonds. The Morgan fingerprint density at radius 3 is 0.984 bits per heavy atom. The molecule has 0 aromatic heterocycles. The molecule has 362 valence electrons. The summed E-state index contributed by atoms with van der Waals surface area (Å²) in [4.78, 5) is 101. The van der Waals surface area contributed by atoms with E-state index in [0.717, 1.165) is 0 Å². The molecule has 0 saturated carbocycles. The number of hydrogen-bond acceptors (Lipinski definition) is 9. The predicted molar refractivity (Wildman–Crippen MR) is 248 cm³/mol. The van der Waals surface area contributed by atoms with Gasteiger partial charge in [-0.15, -0.1) is 0 Å². The van der Waals surface area contributed by atoms with Crippen molar-refractivity contribution in [2.45, 2.75) is 208 Å². The topological polar surface area (TPSA) is 154 Å². The van der Waals surface area contributed by atoms with Gasteiger partial charge in [-0.3, -0.25) is 33.6 Å².